The molecule has 1 aromatic carbocycles. The maximum Gasteiger partial charge on any atom is 0.203 e. The van der Waals surface area contributed by atoms with Gasteiger partial charge in [0, 0.05) is 11.8 Å². The lowest BCUT2D eigenvalue weighted by molar-refractivity contribution is 0.324. The number of rotatable bonds is 6. The van der Waals surface area contributed by atoms with E-state index in [4.69, 9.17) is 37.4 Å². The van der Waals surface area contributed by atoms with E-state index in [1.54, 1.807) is 38.6 Å². The van der Waals surface area contributed by atoms with Crippen molar-refractivity contribution >= 4 is 35.2 Å². The zero-order valence-corrected chi connectivity index (χ0v) is 14.3. The predicted molar refractivity (Wildman–Crippen MR) is 91.6 cm³/mol. The van der Waals surface area contributed by atoms with Gasteiger partial charge in [0.05, 0.1) is 37.6 Å². The van der Waals surface area contributed by atoms with Crippen molar-refractivity contribution in [3.63, 3.8) is 0 Å². The van der Waals surface area contributed by atoms with Crippen LogP contribution in [0.3, 0.4) is 0 Å². The molecule has 0 bridgehead atoms. The maximum absolute atomic E-state index is 6.01. The molecule has 23 heavy (non-hydrogen) atoms. The first kappa shape index (κ1) is 17.2. The van der Waals surface area contributed by atoms with Gasteiger partial charge in [0.25, 0.3) is 0 Å². The zero-order valence-electron chi connectivity index (χ0n) is 12.8. The summed E-state index contributed by atoms with van der Waals surface area (Å²) >= 11 is 11.8. The average Bonchev–Trinajstić information content (AvgIpc) is 2.55. The molecule has 0 amide bonds. The molecule has 6 nitrogen and oxygen atoms in total. The Hall–Kier alpha value is -2.18. The Bertz CT molecular complexity index is 723. The van der Waals surface area contributed by atoms with Gasteiger partial charge in [0.15, 0.2) is 17.3 Å². The normalized spacial score (nSPS) is 10.7. The quantitative estimate of drug-likeness (QED) is 0.629. The van der Waals surface area contributed by atoms with Gasteiger partial charge in [-0.2, -0.15) is 5.10 Å². The number of benzene rings is 1. The first-order valence-electron chi connectivity index (χ1n) is 6.49. The van der Waals surface area contributed by atoms with Gasteiger partial charge in [-0.1, -0.05) is 23.2 Å². The topological polar surface area (TPSA) is 65.0 Å². The summed E-state index contributed by atoms with van der Waals surface area (Å²) in [7, 11) is 4.64. The van der Waals surface area contributed by atoms with E-state index in [1.807, 2.05) is 0 Å². The number of aromatic nitrogens is 1. The Kier molecular flexibility index (Phi) is 5.90. The van der Waals surface area contributed by atoms with Gasteiger partial charge in [-0.05, 0) is 18.2 Å². The number of ether oxygens (including phenoxy) is 3. The largest absolute Gasteiger partial charge is 0.493 e. The van der Waals surface area contributed by atoms with E-state index in [9.17, 15) is 0 Å². The van der Waals surface area contributed by atoms with Crippen LogP contribution in [0.4, 0.5) is 5.82 Å². The van der Waals surface area contributed by atoms with Crippen LogP contribution in [0.5, 0.6) is 17.2 Å². The predicted octanol–water partition coefficient (Wildman–Crippen LogP) is 3.86. The van der Waals surface area contributed by atoms with Crippen molar-refractivity contribution in [1.29, 1.82) is 0 Å². The van der Waals surface area contributed by atoms with Gasteiger partial charge in [-0.25, -0.2) is 4.98 Å². The number of nitrogens with one attached hydrogen (secondary N) is 1. The molecule has 0 spiro atoms. The highest BCUT2D eigenvalue weighted by Gasteiger charge is 2.14. The van der Waals surface area contributed by atoms with Gasteiger partial charge < -0.3 is 14.2 Å². The number of hydrogen-bond acceptors (Lipinski definition) is 6. The molecular weight excluding hydrogens is 341 g/mol. The molecule has 1 N–H and O–H groups in total. The lowest BCUT2D eigenvalue weighted by Crippen LogP contribution is -2.00. The summed E-state index contributed by atoms with van der Waals surface area (Å²) in [6.45, 7) is 0. The zero-order chi connectivity index (χ0) is 16.8. The van der Waals surface area contributed by atoms with E-state index < -0.39 is 0 Å². The van der Waals surface area contributed by atoms with Gasteiger partial charge in [0.2, 0.25) is 5.75 Å². The van der Waals surface area contributed by atoms with Crippen LogP contribution in [-0.2, 0) is 0 Å². The van der Waals surface area contributed by atoms with Crippen LogP contribution in [0.1, 0.15) is 5.56 Å². The SMILES string of the molecule is COc1ccc(/C=N\Nc2ncc(Cl)cc2Cl)c(OC)c1OC. The molecule has 0 atom stereocenters. The summed E-state index contributed by atoms with van der Waals surface area (Å²) in [5, 5.41) is 4.92. The first-order valence-corrected chi connectivity index (χ1v) is 7.25. The Labute approximate surface area is 144 Å². The molecule has 0 radical (unpaired) electrons. The van der Waals surface area contributed by atoms with Crippen molar-refractivity contribution in [2.24, 2.45) is 5.10 Å². The summed E-state index contributed by atoms with van der Waals surface area (Å²) in [5.74, 6) is 1.96. The van der Waals surface area contributed by atoms with Crippen molar-refractivity contribution in [3.05, 3.63) is 40.0 Å². The molecule has 2 rings (SSSR count). The fourth-order valence-electron chi connectivity index (χ4n) is 1.89. The number of pyridine rings is 1. The molecule has 0 aliphatic heterocycles. The summed E-state index contributed by atoms with van der Waals surface area (Å²) in [4.78, 5) is 4.05. The number of methoxy groups -OCH3 is 3. The van der Waals surface area contributed by atoms with Crippen LogP contribution >= 0.6 is 23.2 Å². The first-order chi connectivity index (χ1) is 11.1. The number of anilines is 1. The molecule has 0 unspecified atom stereocenters. The molecule has 2 aromatic rings. The standard InChI is InChI=1S/C15H15Cl2N3O3/c1-21-12-5-4-9(13(22-2)14(12)23-3)7-19-20-15-11(17)6-10(16)8-18-15/h4-8H,1-3H3,(H,18,20)/b19-7-. The molecule has 0 saturated heterocycles. The van der Waals surface area contributed by atoms with Crippen LogP contribution in [-0.4, -0.2) is 32.5 Å². The minimum absolute atomic E-state index is 0.369. The third kappa shape index (κ3) is 3.97. The lowest BCUT2D eigenvalue weighted by Gasteiger charge is -2.13. The molecule has 1 aromatic heterocycles. The van der Waals surface area contributed by atoms with E-state index in [0.717, 1.165) is 0 Å². The Morgan fingerprint density at radius 3 is 2.43 bits per heavy atom. The minimum atomic E-state index is 0.369. The lowest BCUT2D eigenvalue weighted by atomic mass is 10.2. The molecule has 0 saturated carbocycles. The van der Waals surface area contributed by atoms with Crippen molar-refractivity contribution in [1.82, 2.24) is 4.98 Å². The van der Waals surface area contributed by atoms with Crippen LogP contribution < -0.4 is 19.6 Å². The van der Waals surface area contributed by atoms with Gasteiger partial charge >= 0.3 is 0 Å². The van der Waals surface area contributed by atoms with Gasteiger partial charge in [0.1, 0.15) is 0 Å². The highest BCUT2D eigenvalue weighted by molar-refractivity contribution is 6.35. The fourth-order valence-corrected chi connectivity index (χ4v) is 2.31. The summed E-state index contributed by atoms with van der Waals surface area (Å²) < 4.78 is 15.9. The molecule has 8 heteroatoms. The second-order valence-electron chi connectivity index (χ2n) is 4.28. The number of hydrogen-bond donors (Lipinski definition) is 1. The van der Waals surface area contributed by atoms with E-state index in [0.29, 0.717) is 38.7 Å². The minimum Gasteiger partial charge on any atom is -0.493 e. The molecule has 0 fully saturated rings. The van der Waals surface area contributed by atoms with Crippen LogP contribution in [0.25, 0.3) is 0 Å². The van der Waals surface area contributed by atoms with Crippen molar-refractivity contribution in [2.45, 2.75) is 0 Å². The second-order valence-corrected chi connectivity index (χ2v) is 5.12. The summed E-state index contributed by atoms with van der Waals surface area (Å²) in [6, 6.07) is 5.13. The third-order valence-corrected chi connectivity index (χ3v) is 3.41. The van der Waals surface area contributed by atoms with Gasteiger partial charge in [-0.3, -0.25) is 5.43 Å². The van der Waals surface area contributed by atoms with Crippen molar-refractivity contribution in [2.75, 3.05) is 26.8 Å². The fraction of sp³-hybridized carbons (Fsp3) is 0.200. The molecule has 0 aliphatic rings. The summed E-state index contributed by atoms with van der Waals surface area (Å²) in [5.41, 5.74) is 3.44. The third-order valence-electron chi connectivity index (χ3n) is 2.92. The Morgan fingerprint density at radius 2 is 1.83 bits per heavy atom. The molecule has 122 valence electrons. The monoisotopic (exact) mass is 355 g/mol. The number of nitrogens with zero attached hydrogens (tertiary/aromatic N) is 2. The number of halogens is 2. The van der Waals surface area contributed by atoms with Crippen molar-refractivity contribution < 1.29 is 14.2 Å². The van der Waals surface area contributed by atoms with E-state index in [-0.39, 0.29) is 0 Å². The smallest absolute Gasteiger partial charge is 0.203 e. The molecule has 0 aliphatic carbocycles. The van der Waals surface area contributed by atoms with Crippen LogP contribution in [0.15, 0.2) is 29.5 Å². The van der Waals surface area contributed by atoms with Gasteiger partial charge in [-0.15, -0.1) is 0 Å². The Morgan fingerprint density at radius 1 is 1.09 bits per heavy atom. The second kappa shape index (κ2) is 7.89. The molecular formula is C15H15Cl2N3O3. The van der Waals surface area contributed by atoms with Crippen LogP contribution in [0.2, 0.25) is 10.0 Å². The van der Waals surface area contributed by atoms with E-state index in [1.165, 1.54) is 13.3 Å². The van der Waals surface area contributed by atoms with Crippen molar-refractivity contribution in [3.8, 4) is 17.2 Å². The highest BCUT2D eigenvalue weighted by atomic mass is 35.5. The van der Waals surface area contributed by atoms with E-state index >= 15 is 0 Å². The Balaban J connectivity index is 2.25. The van der Waals surface area contributed by atoms with E-state index in [2.05, 4.69) is 15.5 Å². The molecule has 1 heterocycles. The maximum atomic E-state index is 6.01. The highest BCUT2D eigenvalue weighted by Crippen LogP contribution is 2.39. The van der Waals surface area contributed by atoms with Crippen LogP contribution in [0, 0.1) is 0 Å². The average molecular weight is 356 g/mol. The summed E-state index contributed by atoms with van der Waals surface area (Å²) in [6.07, 6.45) is 3.04. The number of hydrazone groups is 1.